The van der Waals surface area contributed by atoms with Gasteiger partial charge < -0.3 is 5.73 Å². The van der Waals surface area contributed by atoms with E-state index in [1.165, 1.54) is 6.07 Å². The molecule has 0 atom stereocenters. The smallest absolute Gasteiger partial charge is 0.397 e. The molecule has 72 valence electrons. The zero-order chi connectivity index (χ0) is 10.2. The molecule has 0 unspecified atom stereocenters. The van der Waals surface area contributed by atoms with Gasteiger partial charge in [0, 0.05) is 4.47 Å². The van der Waals surface area contributed by atoms with Crippen LogP contribution < -0.4 is 5.73 Å². The van der Waals surface area contributed by atoms with Crippen LogP contribution in [0.5, 0.6) is 0 Å². The molecule has 1 aromatic rings. The van der Waals surface area contributed by atoms with E-state index in [9.17, 15) is 13.2 Å². The van der Waals surface area contributed by atoms with Crippen molar-refractivity contribution in [2.75, 3.05) is 5.73 Å². The van der Waals surface area contributed by atoms with Gasteiger partial charge in [-0.3, -0.25) is 0 Å². The monoisotopic (exact) mass is 273 g/mol. The first kappa shape index (κ1) is 10.7. The topological polar surface area (TPSA) is 26.0 Å². The van der Waals surface area contributed by atoms with Crippen molar-refractivity contribution in [1.29, 1.82) is 0 Å². The fraction of sp³-hybridized carbons (Fsp3) is 0.143. The van der Waals surface area contributed by atoms with E-state index in [2.05, 4.69) is 15.9 Å². The molecule has 0 saturated carbocycles. The summed E-state index contributed by atoms with van der Waals surface area (Å²) in [6.45, 7) is 0. The Morgan fingerprint density at radius 3 is 2.31 bits per heavy atom. The molecule has 1 nitrogen and oxygen atoms in total. The molecule has 0 spiro atoms. The maximum Gasteiger partial charge on any atom is 0.417 e. The summed E-state index contributed by atoms with van der Waals surface area (Å²) in [7, 11) is 0. The minimum Gasteiger partial charge on any atom is -0.397 e. The summed E-state index contributed by atoms with van der Waals surface area (Å²) >= 11 is 8.38. The first-order valence-corrected chi connectivity index (χ1v) is 4.32. The zero-order valence-corrected chi connectivity index (χ0v) is 8.46. The van der Waals surface area contributed by atoms with Crippen molar-refractivity contribution < 1.29 is 13.2 Å². The number of rotatable bonds is 0. The largest absolute Gasteiger partial charge is 0.417 e. The van der Waals surface area contributed by atoms with Gasteiger partial charge in [0.1, 0.15) is 0 Å². The van der Waals surface area contributed by atoms with Crippen LogP contribution in [0.25, 0.3) is 0 Å². The normalized spacial score (nSPS) is 11.8. The van der Waals surface area contributed by atoms with E-state index in [0.29, 0.717) is 4.47 Å². The first-order chi connectivity index (χ1) is 5.84. The van der Waals surface area contributed by atoms with Crippen molar-refractivity contribution in [2.45, 2.75) is 6.18 Å². The van der Waals surface area contributed by atoms with Crippen LogP contribution in [0.4, 0.5) is 18.9 Å². The third-order valence-corrected chi connectivity index (χ3v) is 2.53. The highest BCUT2D eigenvalue weighted by Crippen LogP contribution is 2.39. The van der Waals surface area contributed by atoms with Gasteiger partial charge >= 0.3 is 6.18 Å². The molecular formula is C7H4BrClF3N. The molecule has 2 N–H and O–H groups in total. The van der Waals surface area contributed by atoms with Gasteiger partial charge in [-0.05, 0) is 28.1 Å². The van der Waals surface area contributed by atoms with Crippen molar-refractivity contribution in [3.05, 3.63) is 27.2 Å². The van der Waals surface area contributed by atoms with Crippen LogP contribution >= 0.6 is 27.5 Å². The second-order valence-electron chi connectivity index (χ2n) is 2.32. The zero-order valence-electron chi connectivity index (χ0n) is 6.12. The number of hydrogen-bond donors (Lipinski definition) is 1. The fourth-order valence-electron chi connectivity index (χ4n) is 0.788. The molecule has 0 amide bonds. The third kappa shape index (κ3) is 2.08. The van der Waals surface area contributed by atoms with Crippen LogP contribution in [0, 0.1) is 0 Å². The van der Waals surface area contributed by atoms with Crippen molar-refractivity contribution in [1.82, 2.24) is 0 Å². The number of alkyl halides is 3. The Hall–Kier alpha value is -0.420. The van der Waals surface area contributed by atoms with Gasteiger partial charge in [0.2, 0.25) is 0 Å². The molecule has 6 heteroatoms. The molecule has 0 bridgehead atoms. The number of hydrogen-bond acceptors (Lipinski definition) is 1. The van der Waals surface area contributed by atoms with Crippen LogP contribution in [0.3, 0.4) is 0 Å². The number of anilines is 1. The summed E-state index contributed by atoms with van der Waals surface area (Å²) < 4.78 is 37.0. The highest BCUT2D eigenvalue weighted by Gasteiger charge is 2.34. The first-order valence-electron chi connectivity index (χ1n) is 3.14. The number of nitrogens with two attached hydrogens (primary N) is 1. The molecule has 1 rings (SSSR count). The lowest BCUT2D eigenvalue weighted by Gasteiger charge is -2.10. The lowest BCUT2D eigenvalue weighted by atomic mass is 10.2. The summed E-state index contributed by atoms with van der Waals surface area (Å²) in [6.07, 6.45) is -4.47. The van der Waals surface area contributed by atoms with E-state index >= 15 is 0 Å². The second kappa shape index (κ2) is 3.38. The Labute approximate surface area is 85.8 Å². The second-order valence-corrected chi connectivity index (χ2v) is 3.55. The SMILES string of the molecule is Nc1c(Br)ccc(C(F)(F)F)c1Cl. The Kier molecular flexibility index (Phi) is 2.77. The van der Waals surface area contributed by atoms with Crippen LogP contribution in [0.15, 0.2) is 16.6 Å². The van der Waals surface area contributed by atoms with Crippen molar-refractivity contribution in [2.24, 2.45) is 0 Å². The molecule has 0 aliphatic heterocycles. The lowest BCUT2D eigenvalue weighted by Crippen LogP contribution is -2.07. The van der Waals surface area contributed by atoms with E-state index in [1.54, 1.807) is 0 Å². The summed E-state index contributed by atoms with van der Waals surface area (Å²) in [5, 5.41) is -0.470. The molecule has 0 fully saturated rings. The molecule has 0 aromatic heterocycles. The lowest BCUT2D eigenvalue weighted by molar-refractivity contribution is -0.137. The summed E-state index contributed by atoms with van der Waals surface area (Å²) in [5.74, 6) is 0. The van der Waals surface area contributed by atoms with Crippen LogP contribution in [-0.2, 0) is 6.18 Å². The fourth-order valence-corrected chi connectivity index (χ4v) is 1.50. The molecule has 0 aliphatic carbocycles. The van der Waals surface area contributed by atoms with E-state index in [1.807, 2.05) is 0 Å². The molecule has 0 aliphatic rings. The minimum absolute atomic E-state index is 0.100. The number of nitrogen functional groups attached to an aromatic ring is 1. The predicted octanol–water partition coefficient (Wildman–Crippen LogP) is 3.70. The van der Waals surface area contributed by atoms with Gasteiger partial charge in [-0.2, -0.15) is 13.2 Å². The Morgan fingerprint density at radius 1 is 1.31 bits per heavy atom. The summed E-state index contributed by atoms with van der Waals surface area (Å²) in [4.78, 5) is 0. The molecule has 0 saturated heterocycles. The standard InChI is InChI=1S/C7H4BrClF3N/c8-4-2-1-3(7(10,11)12)5(9)6(4)13/h1-2H,13H2. The quantitative estimate of drug-likeness (QED) is 0.717. The maximum absolute atomic E-state index is 12.2. The van der Waals surface area contributed by atoms with Crippen LogP contribution in [0.2, 0.25) is 5.02 Å². The average molecular weight is 274 g/mol. The molecular weight excluding hydrogens is 270 g/mol. The minimum atomic E-state index is -4.47. The van der Waals surface area contributed by atoms with Gasteiger partial charge in [0.15, 0.2) is 0 Å². The van der Waals surface area contributed by atoms with Crippen LogP contribution in [-0.4, -0.2) is 0 Å². The highest BCUT2D eigenvalue weighted by atomic mass is 79.9. The molecule has 13 heavy (non-hydrogen) atoms. The van der Waals surface area contributed by atoms with Gasteiger partial charge in [0.05, 0.1) is 16.3 Å². The van der Waals surface area contributed by atoms with Crippen molar-refractivity contribution >= 4 is 33.2 Å². The Bertz CT molecular complexity index is 337. The number of halogens is 5. The highest BCUT2D eigenvalue weighted by molar-refractivity contribution is 9.10. The number of benzene rings is 1. The van der Waals surface area contributed by atoms with Gasteiger partial charge in [-0.15, -0.1) is 0 Å². The van der Waals surface area contributed by atoms with E-state index in [4.69, 9.17) is 17.3 Å². The third-order valence-electron chi connectivity index (χ3n) is 1.43. The molecule has 0 heterocycles. The Morgan fingerprint density at radius 2 is 1.85 bits per heavy atom. The van der Waals surface area contributed by atoms with Gasteiger partial charge in [-0.25, -0.2) is 0 Å². The van der Waals surface area contributed by atoms with Crippen molar-refractivity contribution in [3.8, 4) is 0 Å². The predicted molar refractivity (Wildman–Crippen MR) is 48.6 cm³/mol. The summed E-state index contributed by atoms with van der Waals surface area (Å²) in [6, 6.07) is 2.09. The molecule has 1 aromatic carbocycles. The van der Waals surface area contributed by atoms with Crippen LogP contribution in [0.1, 0.15) is 5.56 Å². The molecule has 0 radical (unpaired) electrons. The Balaban J connectivity index is 3.35. The van der Waals surface area contributed by atoms with Gasteiger partial charge in [0.25, 0.3) is 0 Å². The van der Waals surface area contributed by atoms with E-state index in [0.717, 1.165) is 6.07 Å². The summed E-state index contributed by atoms with van der Waals surface area (Å²) in [5.41, 5.74) is 4.28. The van der Waals surface area contributed by atoms with E-state index in [-0.39, 0.29) is 5.69 Å². The average Bonchev–Trinajstić information content (AvgIpc) is 1.98. The maximum atomic E-state index is 12.2. The van der Waals surface area contributed by atoms with E-state index < -0.39 is 16.8 Å². The van der Waals surface area contributed by atoms with Gasteiger partial charge in [-0.1, -0.05) is 11.6 Å². The van der Waals surface area contributed by atoms with Crippen molar-refractivity contribution in [3.63, 3.8) is 0 Å².